The van der Waals surface area contributed by atoms with Crippen molar-refractivity contribution in [3.8, 4) is 0 Å². The third-order valence-corrected chi connectivity index (χ3v) is 3.56. The summed E-state index contributed by atoms with van der Waals surface area (Å²) in [4.78, 5) is 16.6. The number of aromatic nitrogens is 4. The minimum atomic E-state index is -0.276. The van der Waals surface area contributed by atoms with Gasteiger partial charge >= 0.3 is 0 Å². The van der Waals surface area contributed by atoms with Crippen molar-refractivity contribution in [3.05, 3.63) is 77.4 Å². The number of aryl methyl sites for hydroxylation is 1. The van der Waals surface area contributed by atoms with Gasteiger partial charge < -0.3 is 5.32 Å². The number of H-pyrrole nitrogens is 1. The lowest BCUT2D eigenvalue weighted by Gasteiger charge is -2.18. The first-order valence-electron chi connectivity index (χ1n) is 7.35. The average molecular weight is 307 g/mol. The fraction of sp³-hybridized carbons (Fsp3) is 0.176. The Hall–Kier alpha value is -3.02. The van der Waals surface area contributed by atoms with E-state index < -0.39 is 0 Å². The van der Waals surface area contributed by atoms with Crippen molar-refractivity contribution in [3.63, 3.8) is 0 Å². The van der Waals surface area contributed by atoms with Gasteiger partial charge in [0, 0.05) is 6.20 Å². The lowest BCUT2D eigenvalue weighted by molar-refractivity contribution is 0.0930. The summed E-state index contributed by atoms with van der Waals surface area (Å²) in [5.74, 6) is -0.276. The fourth-order valence-corrected chi connectivity index (χ4v) is 2.31. The third-order valence-electron chi connectivity index (χ3n) is 3.56. The van der Waals surface area contributed by atoms with Gasteiger partial charge in [0.15, 0.2) is 5.69 Å². The quantitative estimate of drug-likeness (QED) is 0.757. The second-order valence-electron chi connectivity index (χ2n) is 5.33. The Kier molecular flexibility index (Phi) is 4.42. The molecule has 6 nitrogen and oxygen atoms in total. The minimum absolute atomic E-state index is 0.233. The van der Waals surface area contributed by atoms with E-state index in [1.165, 1.54) is 11.8 Å². The summed E-state index contributed by atoms with van der Waals surface area (Å²) in [6, 6.07) is 13.7. The van der Waals surface area contributed by atoms with Gasteiger partial charge in [-0.2, -0.15) is 15.4 Å². The monoisotopic (exact) mass is 307 g/mol. The van der Waals surface area contributed by atoms with Gasteiger partial charge in [-0.3, -0.25) is 9.78 Å². The van der Waals surface area contributed by atoms with E-state index in [1.807, 2.05) is 25.1 Å². The smallest absolute Gasteiger partial charge is 0.274 e. The largest absolute Gasteiger partial charge is 0.342 e. The molecule has 1 atom stereocenters. The highest BCUT2D eigenvalue weighted by molar-refractivity contribution is 5.92. The topological polar surface area (TPSA) is 83.6 Å². The molecule has 1 amide bonds. The lowest BCUT2D eigenvalue weighted by atomic mass is 10.0. The van der Waals surface area contributed by atoms with Crippen LogP contribution in [-0.4, -0.2) is 26.3 Å². The predicted molar refractivity (Wildman–Crippen MR) is 85.7 cm³/mol. The maximum absolute atomic E-state index is 12.3. The predicted octanol–water partition coefficient (Wildman–Crippen LogP) is 2.22. The summed E-state index contributed by atoms with van der Waals surface area (Å²) in [5, 5.41) is 12.9. The van der Waals surface area contributed by atoms with Crippen molar-refractivity contribution in [1.29, 1.82) is 0 Å². The van der Waals surface area contributed by atoms with Gasteiger partial charge in [0.25, 0.3) is 5.91 Å². The van der Waals surface area contributed by atoms with Crippen LogP contribution in [0.15, 0.2) is 54.9 Å². The number of benzene rings is 1. The molecule has 2 aromatic heterocycles. The molecular weight excluding hydrogens is 290 g/mol. The molecule has 1 aromatic carbocycles. The fourth-order valence-electron chi connectivity index (χ4n) is 2.31. The van der Waals surface area contributed by atoms with Gasteiger partial charge in [-0.05, 0) is 31.0 Å². The molecule has 2 N–H and O–H groups in total. The zero-order chi connectivity index (χ0) is 16.1. The van der Waals surface area contributed by atoms with Gasteiger partial charge in [-0.25, -0.2) is 0 Å². The summed E-state index contributed by atoms with van der Waals surface area (Å²) in [7, 11) is 0. The van der Waals surface area contributed by atoms with E-state index in [0.29, 0.717) is 6.42 Å². The molecule has 6 heteroatoms. The van der Waals surface area contributed by atoms with Gasteiger partial charge in [0.2, 0.25) is 0 Å². The number of rotatable bonds is 5. The van der Waals surface area contributed by atoms with Crippen LogP contribution in [0.1, 0.15) is 33.4 Å². The molecule has 0 saturated carbocycles. The molecule has 0 aliphatic carbocycles. The van der Waals surface area contributed by atoms with Crippen molar-refractivity contribution in [2.45, 2.75) is 19.4 Å². The number of carbonyl (C=O) groups excluding carboxylic acids is 1. The first-order valence-corrected chi connectivity index (χ1v) is 7.35. The Morgan fingerprint density at radius 1 is 1.22 bits per heavy atom. The third kappa shape index (κ3) is 3.79. The SMILES string of the molecule is Cc1ccc(C[C@H](NC(=O)c2cn[nH]n2)c2ccccn2)cc1. The Balaban J connectivity index is 1.82. The number of amides is 1. The highest BCUT2D eigenvalue weighted by atomic mass is 16.2. The summed E-state index contributed by atoms with van der Waals surface area (Å²) in [5.41, 5.74) is 3.40. The van der Waals surface area contributed by atoms with Crippen LogP contribution >= 0.6 is 0 Å². The number of hydrogen-bond donors (Lipinski definition) is 2. The van der Waals surface area contributed by atoms with Crippen LogP contribution in [0.2, 0.25) is 0 Å². The van der Waals surface area contributed by atoms with Crippen LogP contribution in [0.4, 0.5) is 0 Å². The van der Waals surface area contributed by atoms with Gasteiger partial charge in [0.05, 0.1) is 17.9 Å². The second-order valence-corrected chi connectivity index (χ2v) is 5.33. The van der Waals surface area contributed by atoms with E-state index in [4.69, 9.17) is 0 Å². The number of aromatic amines is 1. The van der Waals surface area contributed by atoms with Crippen molar-refractivity contribution in [1.82, 2.24) is 25.7 Å². The van der Waals surface area contributed by atoms with Crippen LogP contribution in [0.25, 0.3) is 0 Å². The van der Waals surface area contributed by atoms with E-state index in [9.17, 15) is 4.79 Å². The Morgan fingerprint density at radius 3 is 2.70 bits per heavy atom. The Bertz CT molecular complexity index is 753. The summed E-state index contributed by atoms with van der Waals surface area (Å²) < 4.78 is 0. The van der Waals surface area contributed by atoms with E-state index in [0.717, 1.165) is 11.3 Å². The molecule has 3 aromatic rings. The number of carbonyl (C=O) groups is 1. The molecule has 2 heterocycles. The number of nitrogens with zero attached hydrogens (tertiary/aromatic N) is 3. The molecule has 0 aliphatic heterocycles. The molecule has 0 radical (unpaired) electrons. The average Bonchev–Trinajstić information content (AvgIpc) is 3.12. The number of pyridine rings is 1. The zero-order valence-corrected chi connectivity index (χ0v) is 12.7. The Morgan fingerprint density at radius 2 is 2.04 bits per heavy atom. The van der Waals surface area contributed by atoms with Gasteiger partial charge in [-0.1, -0.05) is 35.9 Å². The first kappa shape index (κ1) is 14.9. The first-order chi connectivity index (χ1) is 11.2. The molecule has 0 saturated heterocycles. The summed E-state index contributed by atoms with van der Waals surface area (Å²) in [6.45, 7) is 2.05. The molecular formula is C17H17N5O. The Labute approximate surface area is 134 Å². The number of nitrogens with one attached hydrogen (secondary N) is 2. The molecule has 0 aliphatic rings. The zero-order valence-electron chi connectivity index (χ0n) is 12.7. The normalized spacial score (nSPS) is 11.9. The van der Waals surface area contributed by atoms with Crippen LogP contribution in [0, 0.1) is 6.92 Å². The lowest BCUT2D eigenvalue weighted by Crippen LogP contribution is -2.30. The van der Waals surface area contributed by atoms with Crippen LogP contribution in [0.5, 0.6) is 0 Å². The van der Waals surface area contributed by atoms with E-state index in [-0.39, 0.29) is 17.6 Å². The molecule has 0 bridgehead atoms. The van der Waals surface area contributed by atoms with Crippen LogP contribution < -0.4 is 5.32 Å². The van der Waals surface area contributed by atoms with Gasteiger partial charge in [-0.15, -0.1) is 0 Å². The standard InChI is InChI=1S/C17H17N5O/c1-12-5-7-13(8-6-12)10-15(14-4-2-3-9-18-14)20-17(23)16-11-19-22-21-16/h2-9,11,15H,10H2,1H3,(H,20,23)(H,19,21,22)/t15-/m0/s1. The highest BCUT2D eigenvalue weighted by Crippen LogP contribution is 2.17. The van der Waals surface area contributed by atoms with Crippen molar-refractivity contribution >= 4 is 5.91 Å². The molecule has 0 fully saturated rings. The summed E-state index contributed by atoms with van der Waals surface area (Å²) >= 11 is 0. The molecule has 0 spiro atoms. The summed E-state index contributed by atoms with van der Waals surface area (Å²) in [6.07, 6.45) is 3.78. The van der Waals surface area contributed by atoms with E-state index in [2.05, 4.69) is 50.0 Å². The van der Waals surface area contributed by atoms with Crippen LogP contribution in [-0.2, 0) is 6.42 Å². The molecule has 23 heavy (non-hydrogen) atoms. The molecule has 3 rings (SSSR count). The van der Waals surface area contributed by atoms with Crippen molar-refractivity contribution < 1.29 is 4.79 Å². The molecule has 0 unspecified atom stereocenters. The number of hydrogen-bond acceptors (Lipinski definition) is 4. The van der Waals surface area contributed by atoms with Gasteiger partial charge in [0.1, 0.15) is 0 Å². The maximum Gasteiger partial charge on any atom is 0.274 e. The van der Waals surface area contributed by atoms with E-state index >= 15 is 0 Å². The van der Waals surface area contributed by atoms with Crippen molar-refractivity contribution in [2.24, 2.45) is 0 Å². The molecule has 116 valence electrons. The second kappa shape index (κ2) is 6.83. The van der Waals surface area contributed by atoms with Crippen LogP contribution in [0.3, 0.4) is 0 Å². The maximum atomic E-state index is 12.3. The van der Waals surface area contributed by atoms with Crippen molar-refractivity contribution in [2.75, 3.05) is 0 Å². The minimum Gasteiger partial charge on any atom is -0.342 e. The van der Waals surface area contributed by atoms with E-state index in [1.54, 1.807) is 6.20 Å². The highest BCUT2D eigenvalue weighted by Gasteiger charge is 2.18.